The fourth-order valence-corrected chi connectivity index (χ4v) is 3.60. The molecule has 1 unspecified atom stereocenters. The third-order valence-corrected chi connectivity index (χ3v) is 5.30. The lowest BCUT2D eigenvalue weighted by atomic mass is 10.0. The Morgan fingerprint density at radius 2 is 1.79 bits per heavy atom. The summed E-state index contributed by atoms with van der Waals surface area (Å²) in [5.74, 6) is 0.0676. The van der Waals surface area contributed by atoms with E-state index in [0.717, 1.165) is 37.2 Å². The Morgan fingerprint density at radius 1 is 1.11 bits per heavy atom. The first-order valence-corrected chi connectivity index (χ1v) is 10.1. The zero-order valence-corrected chi connectivity index (χ0v) is 16.9. The van der Waals surface area contributed by atoms with Gasteiger partial charge in [-0.05, 0) is 28.7 Å². The minimum atomic E-state index is 0.0676. The van der Waals surface area contributed by atoms with E-state index in [-0.39, 0.29) is 11.9 Å². The molecule has 0 aliphatic carbocycles. The SMILES string of the molecule is CCc1ccc(C2CNCCN2CC(=O)NCc2ccc(COC)cc2)cc1. The van der Waals surface area contributed by atoms with Gasteiger partial charge in [0.25, 0.3) is 0 Å². The van der Waals surface area contributed by atoms with Gasteiger partial charge in [-0.1, -0.05) is 55.5 Å². The van der Waals surface area contributed by atoms with Crippen LogP contribution in [0.2, 0.25) is 0 Å². The van der Waals surface area contributed by atoms with Crippen molar-refractivity contribution in [1.82, 2.24) is 15.5 Å². The zero-order valence-electron chi connectivity index (χ0n) is 16.9. The molecular weight excluding hydrogens is 350 g/mol. The van der Waals surface area contributed by atoms with Crippen LogP contribution in [0.1, 0.15) is 35.2 Å². The number of piperazine rings is 1. The number of hydrogen-bond acceptors (Lipinski definition) is 4. The Morgan fingerprint density at radius 3 is 2.46 bits per heavy atom. The van der Waals surface area contributed by atoms with E-state index in [4.69, 9.17) is 4.74 Å². The average molecular weight is 382 g/mol. The van der Waals surface area contributed by atoms with Gasteiger partial charge in [-0.15, -0.1) is 0 Å². The molecule has 0 radical (unpaired) electrons. The molecule has 1 atom stereocenters. The summed E-state index contributed by atoms with van der Waals surface area (Å²) in [5.41, 5.74) is 4.84. The van der Waals surface area contributed by atoms with E-state index in [1.807, 2.05) is 24.3 Å². The summed E-state index contributed by atoms with van der Waals surface area (Å²) in [4.78, 5) is 14.8. The first-order chi connectivity index (χ1) is 13.7. The lowest BCUT2D eigenvalue weighted by Crippen LogP contribution is -2.49. The predicted molar refractivity (Wildman–Crippen MR) is 112 cm³/mol. The van der Waals surface area contributed by atoms with Crippen LogP contribution < -0.4 is 10.6 Å². The van der Waals surface area contributed by atoms with Gasteiger partial charge in [0, 0.05) is 39.3 Å². The van der Waals surface area contributed by atoms with Gasteiger partial charge in [0.1, 0.15) is 0 Å². The fraction of sp³-hybridized carbons (Fsp3) is 0.435. The first kappa shape index (κ1) is 20.5. The topological polar surface area (TPSA) is 53.6 Å². The van der Waals surface area contributed by atoms with Crippen molar-refractivity contribution in [3.8, 4) is 0 Å². The van der Waals surface area contributed by atoms with Crippen molar-refractivity contribution < 1.29 is 9.53 Å². The molecule has 0 bridgehead atoms. The molecule has 1 aliphatic heterocycles. The average Bonchev–Trinajstić information content (AvgIpc) is 2.74. The highest BCUT2D eigenvalue weighted by Crippen LogP contribution is 2.22. The molecular formula is C23H31N3O2. The Hall–Kier alpha value is -2.21. The molecule has 0 saturated carbocycles. The quantitative estimate of drug-likeness (QED) is 0.738. The van der Waals surface area contributed by atoms with Crippen LogP contribution in [0.25, 0.3) is 0 Å². The van der Waals surface area contributed by atoms with Crippen LogP contribution in [-0.2, 0) is 29.1 Å². The number of carbonyl (C=O) groups is 1. The van der Waals surface area contributed by atoms with Crippen molar-refractivity contribution in [2.45, 2.75) is 32.5 Å². The zero-order chi connectivity index (χ0) is 19.8. The second-order valence-corrected chi connectivity index (χ2v) is 7.31. The molecule has 1 saturated heterocycles. The number of ether oxygens (including phenoxy) is 1. The molecule has 3 rings (SSSR count). The predicted octanol–water partition coefficient (Wildman–Crippen LogP) is 2.66. The molecule has 150 valence electrons. The third-order valence-electron chi connectivity index (χ3n) is 5.30. The maximum absolute atomic E-state index is 12.5. The molecule has 0 aromatic heterocycles. The van der Waals surface area contributed by atoms with Crippen LogP contribution in [-0.4, -0.2) is 44.1 Å². The number of nitrogens with one attached hydrogen (secondary N) is 2. The second-order valence-electron chi connectivity index (χ2n) is 7.31. The minimum absolute atomic E-state index is 0.0676. The Labute approximate surface area is 168 Å². The summed E-state index contributed by atoms with van der Waals surface area (Å²) in [6, 6.07) is 17.2. The van der Waals surface area contributed by atoms with Crippen molar-refractivity contribution in [2.24, 2.45) is 0 Å². The Bertz CT molecular complexity index is 743. The second kappa shape index (κ2) is 10.4. The van der Waals surface area contributed by atoms with Crippen LogP contribution in [0.15, 0.2) is 48.5 Å². The lowest BCUT2D eigenvalue weighted by Gasteiger charge is -2.36. The number of aryl methyl sites for hydroxylation is 1. The summed E-state index contributed by atoms with van der Waals surface area (Å²) >= 11 is 0. The van der Waals surface area contributed by atoms with Crippen LogP contribution in [0, 0.1) is 0 Å². The van der Waals surface area contributed by atoms with Crippen molar-refractivity contribution in [3.63, 3.8) is 0 Å². The van der Waals surface area contributed by atoms with Crippen LogP contribution >= 0.6 is 0 Å². The molecule has 2 aromatic rings. The fourth-order valence-electron chi connectivity index (χ4n) is 3.60. The standard InChI is InChI=1S/C23H31N3O2/c1-3-18-8-10-21(11-9-18)22-15-24-12-13-26(22)16-23(27)25-14-19-4-6-20(7-5-19)17-28-2/h4-11,22,24H,3,12-17H2,1-2H3,(H,25,27). The maximum atomic E-state index is 12.5. The van der Waals surface area contributed by atoms with Crippen LogP contribution in [0.5, 0.6) is 0 Å². The number of rotatable bonds is 8. The number of benzene rings is 2. The van der Waals surface area contributed by atoms with Gasteiger partial charge in [-0.2, -0.15) is 0 Å². The molecule has 1 fully saturated rings. The molecule has 1 amide bonds. The van der Waals surface area contributed by atoms with Crippen molar-refractivity contribution >= 4 is 5.91 Å². The van der Waals surface area contributed by atoms with E-state index in [9.17, 15) is 4.79 Å². The van der Waals surface area contributed by atoms with E-state index in [1.54, 1.807) is 7.11 Å². The number of nitrogens with zero attached hydrogens (tertiary/aromatic N) is 1. The lowest BCUT2D eigenvalue weighted by molar-refractivity contribution is -0.123. The van der Waals surface area contributed by atoms with E-state index < -0.39 is 0 Å². The summed E-state index contributed by atoms with van der Waals surface area (Å²) < 4.78 is 5.13. The van der Waals surface area contributed by atoms with Crippen molar-refractivity contribution in [2.75, 3.05) is 33.3 Å². The van der Waals surface area contributed by atoms with Gasteiger partial charge in [0.2, 0.25) is 5.91 Å². The highest BCUT2D eigenvalue weighted by Gasteiger charge is 2.25. The van der Waals surface area contributed by atoms with Gasteiger partial charge in [-0.25, -0.2) is 0 Å². The highest BCUT2D eigenvalue weighted by molar-refractivity contribution is 5.78. The van der Waals surface area contributed by atoms with E-state index in [0.29, 0.717) is 19.7 Å². The number of hydrogen-bond donors (Lipinski definition) is 2. The Balaban J connectivity index is 1.54. The molecule has 5 heteroatoms. The summed E-state index contributed by atoms with van der Waals surface area (Å²) in [6.07, 6.45) is 1.04. The summed E-state index contributed by atoms with van der Waals surface area (Å²) in [6.45, 7) is 6.41. The van der Waals surface area contributed by atoms with Gasteiger partial charge in [-0.3, -0.25) is 9.69 Å². The van der Waals surface area contributed by atoms with Gasteiger partial charge in [0.15, 0.2) is 0 Å². The maximum Gasteiger partial charge on any atom is 0.234 e. The van der Waals surface area contributed by atoms with Crippen LogP contribution in [0.4, 0.5) is 0 Å². The molecule has 2 aromatic carbocycles. The van der Waals surface area contributed by atoms with Gasteiger partial charge in [0.05, 0.1) is 13.2 Å². The largest absolute Gasteiger partial charge is 0.380 e. The van der Waals surface area contributed by atoms with E-state index >= 15 is 0 Å². The van der Waals surface area contributed by atoms with Gasteiger partial charge < -0.3 is 15.4 Å². The minimum Gasteiger partial charge on any atom is -0.380 e. The van der Waals surface area contributed by atoms with Gasteiger partial charge >= 0.3 is 0 Å². The molecule has 28 heavy (non-hydrogen) atoms. The molecule has 5 nitrogen and oxygen atoms in total. The van der Waals surface area contributed by atoms with Crippen molar-refractivity contribution in [3.05, 3.63) is 70.8 Å². The monoisotopic (exact) mass is 381 g/mol. The summed E-state index contributed by atoms with van der Waals surface area (Å²) in [7, 11) is 1.69. The molecule has 1 aliphatic rings. The number of carbonyl (C=O) groups excluding carboxylic acids is 1. The van der Waals surface area contributed by atoms with E-state index in [2.05, 4.69) is 46.7 Å². The first-order valence-electron chi connectivity index (χ1n) is 10.1. The smallest absolute Gasteiger partial charge is 0.234 e. The number of amides is 1. The van der Waals surface area contributed by atoms with Crippen LogP contribution in [0.3, 0.4) is 0 Å². The number of methoxy groups -OCH3 is 1. The van der Waals surface area contributed by atoms with Crippen molar-refractivity contribution in [1.29, 1.82) is 0 Å². The Kier molecular flexibility index (Phi) is 7.60. The molecule has 2 N–H and O–H groups in total. The van der Waals surface area contributed by atoms with E-state index in [1.165, 1.54) is 11.1 Å². The third kappa shape index (κ3) is 5.64. The molecule has 1 heterocycles. The summed E-state index contributed by atoms with van der Waals surface area (Å²) in [5, 5.41) is 6.51. The highest BCUT2D eigenvalue weighted by atomic mass is 16.5. The normalized spacial score (nSPS) is 17.4. The molecule has 0 spiro atoms.